The summed E-state index contributed by atoms with van der Waals surface area (Å²) < 4.78 is 0. The van der Waals surface area contributed by atoms with Crippen LogP contribution in [0.15, 0.2) is 23.8 Å². The van der Waals surface area contributed by atoms with Crippen LogP contribution >= 0.6 is 0 Å². The Labute approximate surface area is 106 Å². The lowest BCUT2D eigenvalue weighted by Gasteiger charge is -2.00. The van der Waals surface area contributed by atoms with Gasteiger partial charge in [-0.2, -0.15) is 0 Å². The topological polar surface area (TPSA) is 17.1 Å². The molecular formula is C16H26O. The largest absolute Gasteiger partial charge is 0.295 e. The number of ketones is 1. The summed E-state index contributed by atoms with van der Waals surface area (Å²) in [6, 6.07) is 0. The Morgan fingerprint density at radius 1 is 0.882 bits per heavy atom. The van der Waals surface area contributed by atoms with Gasteiger partial charge >= 0.3 is 0 Å². The summed E-state index contributed by atoms with van der Waals surface area (Å²) >= 11 is 0. The first-order valence-corrected chi connectivity index (χ1v) is 7.17. The molecule has 0 fully saturated rings. The molecule has 1 rings (SSSR count). The highest BCUT2D eigenvalue weighted by molar-refractivity contribution is 5.90. The lowest BCUT2D eigenvalue weighted by molar-refractivity contribution is -0.114. The van der Waals surface area contributed by atoms with E-state index in [1.807, 2.05) is 6.92 Å². The highest BCUT2D eigenvalue weighted by atomic mass is 16.1. The van der Waals surface area contributed by atoms with E-state index in [-0.39, 0.29) is 0 Å². The molecule has 0 spiro atoms. The van der Waals surface area contributed by atoms with Crippen molar-refractivity contribution >= 4 is 5.78 Å². The van der Waals surface area contributed by atoms with E-state index in [0.717, 1.165) is 24.8 Å². The Morgan fingerprint density at radius 2 is 1.47 bits per heavy atom. The maximum absolute atomic E-state index is 11.6. The van der Waals surface area contributed by atoms with Crippen LogP contribution in [0.4, 0.5) is 0 Å². The molecule has 0 N–H and O–H groups in total. The fourth-order valence-corrected chi connectivity index (χ4v) is 2.27. The predicted molar refractivity (Wildman–Crippen MR) is 74.1 cm³/mol. The maximum Gasteiger partial charge on any atom is 0.155 e. The average Bonchev–Trinajstić information content (AvgIpc) is 2.30. The minimum absolute atomic E-state index is 0.294. The van der Waals surface area contributed by atoms with E-state index in [2.05, 4.69) is 12.2 Å². The van der Waals surface area contributed by atoms with Crippen molar-refractivity contribution in [2.24, 2.45) is 0 Å². The monoisotopic (exact) mass is 234 g/mol. The van der Waals surface area contributed by atoms with E-state index in [4.69, 9.17) is 0 Å². The third-order valence-electron chi connectivity index (χ3n) is 3.31. The number of carbonyl (C=O) groups excluding carboxylic acids is 1. The SMILES string of the molecule is CC1=CC(=O)CCCCCCCCCCC=C1. The third kappa shape index (κ3) is 7.95. The molecule has 0 atom stereocenters. The van der Waals surface area contributed by atoms with Crippen LogP contribution in [0.25, 0.3) is 0 Å². The van der Waals surface area contributed by atoms with Crippen molar-refractivity contribution in [3.63, 3.8) is 0 Å². The molecule has 1 aliphatic carbocycles. The van der Waals surface area contributed by atoms with Crippen molar-refractivity contribution in [3.8, 4) is 0 Å². The van der Waals surface area contributed by atoms with Gasteiger partial charge in [-0.05, 0) is 37.8 Å². The zero-order valence-electron chi connectivity index (χ0n) is 11.2. The fraction of sp³-hybridized carbons (Fsp3) is 0.688. The Kier molecular flexibility index (Phi) is 7.70. The third-order valence-corrected chi connectivity index (χ3v) is 3.31. The molecule has 0 saturated heterocycles. The maximum atomic E-state index is 11.6. The second kappa shape index (κ2) is 9.21. The van der Waals surface area contributed by atoms with Crippen molar-refractivity contribution in [1.82, 2.24) is 0 Å². The van der Waals surface area contributed by atoms with Crippen molar-refractivity contribution < 1.29 is 4.79 Å². The second-order valence-corrected chi connectivity index (χ2v) is 5.12. The quantitative estimate of drug-likeness (QED) is 0.578. The van der Waals surface area contributed by atoms with E-state index in [0.29, 0.717) is 5.78 Å². The molecule has 17 heavy (non-hydrogen) atoms. The van der Waals surface area contributed by atoms with Gasteiger partial charge in [0.2, 0.25) is 0 Å². The van der Waals surface area contributed by atoms with Crippen molar-refractivity contribution in [1.29, 1.82) is 0 Å². The molecule has 0 aromatic rings. The van der Waals surface area contributed by atoms with E-state index < -0.39 is 0 Å². The first kappa shape index (κ1) is 14.2. The summed E-state index contributed by atoms with van der Waals surface area (Å²) in [5, 5.41) is 0. The highest BCUT2D eigenvalue weighted by Gasteiger charge is 1.99. The number of rotatable bonds is 0. The minimum atomic E-state index is 0.294. The summed E-state index contributed by atoms with van der Waals surface area (Å²) in [6.45, 7) is 2.02. The molecule has 0 aromatic heterocycles. The Hall–Kier alpha value is -0.850. The van der Waals surface area contributed by atoms with Gasteiger partial charge in [0.25, 0.3) is 0 Å². The van der Waals surface area contributed by atoms with Gasteiger partial charge in [0.1, 0.15) is 0 Å². The molecule has 0 saturated carbocycles. The van der Waals surface area contributed by atoms with Gasteiger partial charge in [0.05, 0.1) is 0 Å². The molecule has 0 radical (unpaired) electrons. The van der Waals surface area contributed by atoms with Crippen molar-refractivity contribution in [2.45, 2.75) is 71.1 Å². The lowest BCUT2D eigenvalue weighted by atomic mass is 10.1. The average molecular weight is 234 g/mol. The number of allylic oxidation sites excluding steroid dienone is 4. The molecule has 0 aromatic carbocycles. The van der Waals surface area contributed by atoms with Crippen LogP contribution < -0.4 is 0 Å². The van der Waals surface area contributed by atoms with Crippen LogP contribution in [0.2, 0.25) is 0 Å². The van der Waals surface area contributed by atoms with Gasteiger partial charge in [-0.3, -0.25) is 4.79 Å². The molecule has 96 valence electrons. The van der Waals surface area contributed by atoms with Gasteiger partial charge in [-0.15, -0.1) is 0 Å². The molecule has 0 bridgehead atoms. The molecule has 0 unspecified atom stereocenters. The number of carbonyl (C=O) groups is 1. The highest BCUT2D eigenvalue weighted by Crippen LogP contribution is 2.12. The fourth-order valence-electron chi connectivity index (χ4n) is 2.27. The number of hydrogen-bond acceptors (Lipinski definition) is 1. The Balaban J connectivity index is 2.42. The van der Waals surface area contributed by atoms with Gasteiger partial charge in [-0.1, -0.05) is 50.7 Å². The molecule has 0 amide bonds. The minimum Gasteiger partial charge on any atom is -0.295 e. The van der Waals surface area contributed by atoms with E-state index >= 15 is 0 Å². The summed E-state index contributed by atoms with van der Waals surface area (Å²) in [5.74, 6) is 0.294. The van der Waals surface area contributed by atoms with Crippen LogP contribution in [-0.2, 0) is 4.79 Å². The van der Waals surface area contributed by atoms with Gasteiger partial charge in [0.15, 0.2) is 5.78 Å². The van der Waals surface area contributed by atoms with E-state index in [1.54, 1.807) is 6.08 Å². The Morgan fingerprint density at radius 3 is 2.18 bits per heavy atom. The van der Waals surface area contributed by atoms with E-state index in [1.165, 1.54) is 44.9 Å². The van der Waals surface area contributed by atoms with Gasteiger partial charge < -0.3 is 0 Å². The van der Waals surface area contributed by atoms with Crippen LogP contribution in [0, 0.1) is 0 Å². The summed E-state index contributed by atoms with van der Waals surface area (Å²) in [7, 11) is 0. The number of hydrogen-bond donors (Lipinski definition) is 0. The normalized spacial score (nSPS) is 21.5. The van der Waals surface area contributed by atoms with Crippen LogP contribution in [0.3, 0.4) is 0 Å². The van der Waals surface area contributed by atoms with Gasteiger partial charge in [0, 0.05) is 6.42 Å². The molecule has 1 heteroatoms. The summed E-state index contributed by atoms with van der Waals surface area (Å²) in [6.07, 6.45) is 18.3. The molecule has 1 aliphatic rings. The molecule has 0 heterocycles. The predicted octanol–water partition coefficient (Wildman–Crippen LogP) is 4.97. The van der Waals surface area contributed by atoms with Crippen LogP contribution in [0.1, 0.15) is 71.1 Å². The summed E-state index contributed by atoms with van der Waals surface area (Å²) in [5.41, 5.74) is 1.10. The molecule has 1 nitrogen and oxygen atoms in total. The van der Waals surface area contributed by atoms with Crippen molar-refractivity contribution in [3.05, 3.63) is 23.8 Å². The first-order chi connectivity index (χ1) is 8.29. The van der Waals surface area contributed by atoms with Crippen LogP contribution in [-0.4, -0.2) is 5.78 Å². The van der Waals surface area contributed by atoms with Crippen molar-refractivity contribution in [2.75, 3.05) is 0 Å². The standard InChI is InChI=1S/C16H26O/c1-15-12-10-8-6-4-2-3-5-7-9-11-13-16(17)14-15/h10,12,14H,2-9,11,13H2,1H3. The zero-order valence-corrected chi connectivity index (χ0v) is 11.2. The second-order valence-electron chi connectivity index (χ2n) is 5.12. The van der Waals surface area contributed by atoms with Gasteiger partial charge in [-0.25, -0.2) is 0 Å². The smallest absolute Gasteiger partial charge is 0.155 e. The molecular weight excluding hydrogens is 208 g/mol. The van der Waals surface area contributed by atoms with E-state index in [9.17, 15) is 4.79 Å². The molecule has 0 aliphatic heterocycles. The summed E-state index contributed by atoms with van der Waals surface area (Å²) in [4.78, 5) is 11.6. The Bertz CT molecular complexity index is 273. The van der Waals surface area contributed by atoms with Crippen LogP contribution in [0.5, 0.6) is 0 Å². The lowest BCUT2D eigenvalue weighted by Crippen LogP contribution is -1.93. The zero-order chi connectivity index (χ0) is 12.3. The first-order valence-electron chi connectivity index (χ1n) is 7.17.